The maximum Gasteiger partial charge on any atom is 0.294 e. The Hall–Kier alpha value is -3.74. The fourth-order valence-electron chi connectivity index (χ4n) is 3.42. The first-order chi connectivity index (χ1) is 16.5. The second-order valence-electron chi connectivity index (χ2n) is 8.33. The first kappa shape index (κ1) is 25.9. The van der Waals surface area contributed by atoms with Gasteiger partial charge in [0.1, 0.15) is 11.5 Å². The number of carbonyl (C=O) groups excluding carboxylic acids is 1. The molecule has 0 saturated heterocycles. The van der Waals surface area contributed by atoms with Crippen LogP contribution >= 0.6 is 0 Å². The van der Waals surface area contributed by atoms with Gasteiger partial charge >= 0.3 is 0 Å². The van der Waals surface area contributed by atoms with Crippen molar-refractivity contribution >= 4 is 15.9 Å². The van der Waals surface area contributed by atoms with Crippen LogP contribution in [-0.4, -0.2) is 18.8 Å². The number of ketones is 1. The Morgan fingerprint density at radius 1 is 0.686 bits per heavy atom. The van der Waals surface area contributed by atoms with Gasteiger partial charge in [0.2, 0.25) is 0 Å². The Morgan fingerprint density at radius 2 is 1.23 bits per heavy atom. The van der Waals surface area contributed by atoms with Crippen LogP contribution in [0.2, 0.25) is 0 Å². The minimum Gasteiger partial charge on any atom is -0.457 e. The molecule has 0 fully saturated rings. The summed E-state index contributed by atoms with van der Waals surface area (Å²) in [5.41, 5.74) is 4.87. The maximum atomic E-state index is 12.6. The van der Waals surface area contributed by atoms with E-state index in [-0.39, 0.29) is 10.7 Å². The molecule has 0 aliphatic heterocycles. The van der Waals surface area contributed by atoms with Gasteiger partial charge in [-0.05, 0) is 92.9 Å². The van der Waals surface area contributed by atoms with Crippen molar-refractivity contribution in [3.63, 3.8) is 0 Å². The average Bonchev–Trinajstić information content (AvgIpc) is 2.83. The van der Waals surface area contributed by atoms with Crippen LogP contribution < -0.4 is 4.74 Å². The molecule has 0 aliphatic rings. The highest BCUT2D eigenvalue weighted by atomic mass is 32.2. The number of hydrogen-bond donors (Lipinski definition) is 1. The monoisotopic (exact) mass is 488 g/mol. The van der Waals surface area contributed by atoms with Crippen LogP contribution in [0, 0.1) is 27.7 Å². The number of benzene rings is 4. The van der Waals surface area contributed by atoms with Crippen molar-refractivity contribution in [1.82, 2.24) is 0 Å². The van der Waals surface area contributed by atoms with Gasteiger partial charge < -0.3 is 4.74 Å². The van der Waals surface area contributed by atoms with Crippen LogP contribution in [0.3, 0.4) is 0 Å². The largest absolute Gasteiger partial charge is 0.457 e. The Labute approximate surface area is 206 Å². The van der Waals surface area contributed by atoms with Crippen molar-refractivity contribution in [2.45, 2.75) is 32.6 Å². The molecule has 0 amide bonds. The molecular formula is C29H28O5S. The van der Waals surface area contributed by atoms with Gasteiger partial charge in [0.15, 0.2) is 5.78 Å². The summed E-state index contributed by atoms with van der Waals surface area (Å²) in [5, 5.41) is 0. The Balaban J connectivity index is 0.000000241. The summed E-state index contributed by atoms with van der Waals surface area (Å²) < 4.78 is 36.0. The summed E-state index contributed by atoms with van der Waals surface area (Å²) in [6.45, 7) is 7.36. The number of hydrogen-bond acceptors (Lipinski definition) is 4. The smallest absolute Gasteiger partial charge is 0.294 e. The molecule has 0 spiro atoms. The zero-order chi connectivity index (χ0) is 25.6. The van der Waals surface area contributed by atoms with Crippen molar-refractivity contribution in [2.24, 2.45) is 0 Å². The lowest BCUT2D eigenvalue weighted by atomic mass is 9.97. The molecule has 5 nitrogen and oxygen atoms in total. The van der Waals surface area contributed by atoms with Crippen molar-refractivity contribution < 1.29 is 22.5 Å². The molecule has 1 N–H and O–H groups in total. The summed E-state index contributed by atoms with van der Waals surface area (Å²) in [4.78, 5) is 12.6. The van der Waals surface area contributed by atoms with E-state index in [4.69, 9.17) is 9.29 Å². The molecule has 0 bridgehead atoms. The summed E-state index contributed by atoms with van der Waals surface area (Å²) in [6.07, 6.45) is 0. The van der Waals surface area contributed by atoms with E-state index in [1.54, 1.807) is 26.0 Å². The summed E-state index contributed by atoms with van der Waals surface area (Å²) >= 11 is 0. The van der Waals surface area contributed by atoms with E-state index >= 15 is 0 Å². The van der Waals surface area contributed by atoms with Gasteiger partial charge in [-0.15, -0.1) is 0 Å². The van der Waals surface area contributed by atoms with Gasteiger partial charge in [-0.25, -0.2) is 0 Å². The van der Waals surface area contributed by atoms with Crippen LogP contribution in [0.15, 0.2) is 95.9 Å². The lowest BCUT2D eigenvalue weighted by molar-refractivity contribution is 0.103. The third-order valence-corrected chi connectivity index (χ3v) is 6.35. The highest BCUT2D eigenvalue weighted by molar-refractivity contribution is 7.85. The standard InChI is InChI=1S/C21H18O2.C8H10O3S/c1-15-8-9-16(2)20(14-15)21(22)17-10-12-19(13-11-17)23-18-6-4-3-5-7-18;1-6-3-4-7(2)8(5-6)12(9,10)11/h3-14H,1-2H3;3-5H,1-2H3,(H,9,10,11). The second-order valence-corrected chi connectivity index (χ2v) is 9.72. The van der Waals surface area contributed by atoms with E-state index in [1.165, 1.54) is 6.07 Å². The highest BCUT2D eigenvalue weighted by Gasteiger charge is 2.13. The molecule has 0 radical (unpaired) electrons. The van der Waals surface area contributed by atoms with E-state index in [2.05, 4.69) is 0 Å². The fourth-order valence-corrected chi connectivity index (χ4v) is 4.23. The normalized spacial score (nSPS) is 10.8. The lowest BCUT2D eigenvalue weighted by Crippen LogP contribution is -2.04. The van der Waals surface area contributed by atoms with Gasteiger partial charge in [-0.3, -0.25) is 9.35 Å². The molecule has 180 valence electrons. The lowest BCUT2D eigenvalue weighted by Gasteiger charge is -2.08. The Bertz CT molecular complexity index is 1420. The summed E-state index contributed by atoms with van der Waals surface area (Å²) in [6, 6.07) is 27.7. The Kier molecular flexibility index (Phi) is 8.22. The zero-order valence-electron chi connectivity index (χ0n) is 20.1. The predicted molar refractivity (Wildman–Crippen MR) is 138 cm³/mol. The third kappa shape index (κ3) is 7.12. The van der Waals surface area contributed by atoms with E-state index in [9.17, 15) is 13.2 Å². The third-order valence-electron chi connectivity index (χ3n) is 5.35. The van der Waals surface area contributed by atoms with Crippen molar-refractivity contribution in [3.8, 4) is 11.5 Å². The summed E-state index contributed by atoms with van der Waals surface area (Å²) in [5.74, 6) is 1.53. The zero-order valence-corrected chi connectivity index (χ0v) is 21.0. The number of carbonyl (C=O) groups is 1. The van der Waals surface area contributed by atoms with Crippen molar-refractivity contribution in [2.75, 3.05) is 0 Å². The highest BCUT2D eigenvalue weighted by Crippen LogP contribution is 2.23. The molecule has 0 unspecified atom stereocenters. The molecule has 4 aromatic carbocycles. The van der Waals surface area contributed by atoms with Crippen molar-refractivity contribution in [1.29, 1.82) is 0 Å². The molecule has 35 heavy (non-hydrogen) atoms. The van der Waals surface area contributed by atoms with Crippen LogP contribution in [0.5, 0.6) is 11.5 Å². The van der Waals surface area contributed by atoms with Gasteiger partial charge in [-0.2, -0.15) is 8.42 Å². The minimum absolute atomic E-state index is 0.0116. The minimum atomic E-state index is -4.06. The molecule has 6 heteroatoms. The van der Waals surface area contributed by atoms with Gasteiger partial charge in [0.25, 0.3) is 10.1 Å². The van der Waals surface area contributed by atoms with Gasteiger partial charge in [0.05, 0.1) is 4.90 Å². The van der Waals surface area contributed by atoms with E-state index in [1.807, 2.05) is 86.6 Å². The Morgan fingerprint density at radius 3 is 1.80 bits per heavy atom. The second kappa shape index (κ2) is 11.1. The molecule has 4 rings (SSSR count). The molecule has 0 heterocycles. The topological polar surface area (TPSA) is 80.7 Å². The number of para-hydroxylation sites is 1. The van der Waals surface area contributed by atoms with E-state index in [0.29, 0.717) is 16.9 Å². The quantitative estimate of drug-likeness (QED) is 0.245. The molecule has 0 atom stereocenters. The summed E-state index contributed by atoms with van der Waals surface area (Å²) in [7, 11) is -4.06. The maximum absolute atomic E-state index is 12.6. The SMILES string of the molecule is Cc1ccc(C)c(C(=O)c2ccc(Oc3ccccc3)cc2)c1.Cc1ccc(C)c(S(=O)(=O)O)c1. The van der Waals surface area contributed by atoms with Crippen LogP contribution in [0.4, 0.5) is 0 Å². The first-order valence-corrected chi connectivity index (χ1v) is 12.5. The van der Waals surface area contributed by atoms with Crippen molar-refractivity contribution in [3.05, 3.63) is 124 Å². The van der Waals surface area contributed by atoms with E-state index < -0.39 is 10.1 Å². The fraction of sp³-hybridized carbons (Fsp3) is 0.138. The van der Waals surface area contributed by atoms with Gasteiger partial charge in [0, 0.05) is 11.1 Å². The van der Waals surface area contributed by atoms with E-state index in [0.717, 1.165) is 28.0 Å². The predicted octanol–water partition coefficient (Wildman–Crippen LogP) is 6.88. The molecule has 0 aromatic heterocycles. The number of aryl methyl sites for hydroxylation is 4. The molecule has 4 aromatic rings. The molecule has 0 aliphatic carbocycles. The molecule has 0 saturated carbocycles. The van der Waals surface area contributed by atoms with Gasteiger partial charge in [-0.1, -0.05) is 48.0 Å². The average molecular weight is 489 g/mol. The number of ether oxygens (including phenoxy) is 1. The van der Waals surface area contributed by atoms with Crippen LogP contribution in [0.1, 0.15) is 38.2 Å². The number of rotatable bonds is 5. The van der Waals surface area contributed by atoms with Crippen LogP contribution in [0.25, 0.3) is 0 Å². The molecular weight excluding hydrogens is 460 g/mol. The first-order valence-electron chi connectivity index (χ1n) is 11.0. The van der Waals surface area contributed by atoms with Crippen LogP contribution in [-0.2, 0) is 10.1 Å².